The highest BCUT2D eigenvalue weighted by atomic mass is 17.2. The fourth-order valence-corrected chi connectivity index (χ4v) is 2.22. The minimum atomic E-state index is -2.56. The molecule has 0 aromatic carbocycles. The van der Waals surface area contributed by atoms with Crippen molar-refractivity contribution in [2.45, 2.75) is 56.9 Å². The Morgan fingerprint density at radius 2 is 1.78 bits per heavy atom. The Morgan fingerprint density at radius 1 is 1.17 bits per heavy atom. The predicted octanol–water partition coefficient (Wildman–Crippen LogP) is -2.41. The summed E-state index contributed by atoms with van der Waals surface area (Å²) in [5.74, 6) is -5.64. The largest absolute Gasteiger partial charge is 0.391 e. The van der Waals surface area contributed by atoms with Gasteiger partial charge in [0, 0.05) is 6.42 Å². The van der Waals surface area contributed by atoms with E-state index in [4.69, 9.17) is 9.84 Å². The maximum absolute atomic E-state index is 11.9. The van der Waals surface area contributed by atoms with Crippen LogP contribution in [0.3, 0.4) is 0 Å². The van der Waals surface area contributed by atoms with Gasteiger partial charge in [0.1, 0.15) is 24.4 Å². The molecule has 6 atom stereocenters. The van der Waals surface area contributed by atoms with Gasteiger partial charge in [-0.2, -0.15) is 0 Å². The maximum atomic E-state index is 11.9. The number of rotatable bonds is 5. The molecule has 0 aromatic heterocycles. The first-order valence-electron chi connectivity index (χ1n) is 7.18. The summed E-state index contributed by atoms with van der Waals surface area (Å²) in [6.45, 7) is 1.93. The minimum absolute atomic E-state index is 0.0260. The van der Waals surface area contributed by atoms with Gasteiger partial charge in [0.2, 0.25) is 5.79 Å². The van der Waals surface area contributed by atoms with Gasteiger partial charge in [-0.1, -0.05) is 13.8 Å². The third kappa shape index (κ3) is 4.16. The number of hydrogen-bond acceptors (Lipinski definition) is 10. The van der Waals surface area contributed by atoms with Crippen LogP contribution in [0, 0.1) is 5.92 Å². The van der Waals surface area contributed by atoms with Gasteiger partial charge >= 0.3 is 11.9 Å². The molecule has 1 rings (SSSR count). The van der Waals surface area contributed by atoms with Crippen molar-refractivity contribution in [3.05, 3.63) is 0 Å². The molecule has 0 amide bonds. The van der Waals surface area contributed by atoms with E-state index in [0.717, 1.165) is 0 Å². The van der Waals surface area contributed by atoms with Crippen molar-refractivity contribution in [3.8, 4) is 0 Å². The predicted molar refractivity (Wildman–Crippen MR) is 71.2 cm³/mol. The summed E-state index contributed by atoms with van der Waals surface area (Å²) in [7, 11) is 0. The first-order chi connectivity index (χ1) is 10.7. The van der Waals surface area contributed by atoms with Crippen LogP contribution in [0.2, 0.25) is 0 Å². The molecule has 0 saturated carbocycles. The second-order valence-corrected chi connectivity index (χ2v) is 5.24. The summed E-state index contributed by atoms with van der Waals surface area (Å²) in [5, 5.41) is 48.5. The first kappa shape index (κ1) is 19.7. The molecule has 0 radical (unpaired) electrons. The lowest BCUT2D eigenvalue weighted by molar-refractivity contribution is -0.362. The van der Waals surface area contributed by atoms with Gasteiger partial charge in [-0.05, 0) is 6.42 Å². The van der Waals surface area contributed by atoms with E-state index in [1.54, 1.807) is 0 Å². The molecule has 0 aromatic rings. The highest BCUT2D eigenvalue weighted by Crippen LogP contribution is 2.33. The van der Waals surface area contributed by atoms with Crippen LogP contribution in [0.4, 0.5) is 0 Å². The maximum Gasteiger partial charge on any atom is 0.361 e. The summed E-state index contributed by atoms with van der Waals surface area (Å²) < 4.78 is 5.03. The van der Waals surface area contributed by atoms with E-state index in [0.29, 0.717) is 0 Å². The zero-order chi connectivity index (χ0) is 17.8. The van der Waals surface area contributed by atoms with Crippen LogP contribution in [0.25, 0.3) is 0 Å². The van der Waals surface area contributed by atoms with Crippen molar-refractivity contribution >= 4 is 11.9 Å². The van der Waals surface area contributed by atoms with Gasteiger partial charge in [-0.15, -0.1) is 0 Å². The molecule has 1 aliphatic heterocycles. The molecule has 1 saturated heterocycles. The van der Waals surface area contributed by atoms with Crippen molar-refractivity contribution < 1.29 is 49.6 Å². The molecule has 5 N–H and O–H groups in total. The molecular formula is C13H22O10. The number of aliphatic hydroxyl groups excluding tert-OH is 4. The fourth-order valence-electron chi connectivity index (χ4n) is 2.22. The van der Waals surface area contributed by atoms with E-state index in [9.17, 15) is 30.0 Å². The number of hydrogen-bond donors (Lipinski definition) is 5. The fraction of sp³-hybridized carbons (Fsp3) is 0.846. The van der Waals surface area contributed by atoms with Crippen molar-refractivity contribution in [2.75, 3.05) is 6.61 Å². The molecule has 10 nitrogen and oxygen atoms in total. The Hall–Kier alpha value is -1.30. The van der Waals surface area contributed by atoms with Crippen LogP contribution >= 0.6 is 0 Å². The van der Waals surface area contributed by atoms with Gasteiger partial charge in [-0.25, -0.2) is 19.4 Å². The molecule has 0 aliphatic carbocycles. The quantitative estimate of drug-likeness (QED) is 0.269. The normalized spacial score (nSPS) is 35.4. The molecule has 1 aliphatic rings. The van der Waals surface area contributed by atoms with E-state index in [1.165, 1.54) is 13.8 Å². The molecule has 0 spiro atoms. The first-order valence-corrected chi connectivity index (χ1v) is 7.18. The van der Waals surface area contributed by atoms with Gasteiger partial charge in [0.25, 0.3) is 0 Å². The highest BCUT2D eigenvalue weighted by molar-refractivity contribution is 5.75. The summed E-state index contributed by atoms with van der Waals surface area (Å²) >= 11 is 0. The number of aliphatic hydroxyl groups is 5. The van der Waals surface area contributed by atoms with Gasteiger partial charge < -0.3 is 30.3 Å². The average molecular weight is 338 g/mol. The third-order valence-corrected chi connectivity index (χ3v) is 3.68. The summed E-state index contributed by atoms with van der Waals surface area (Å²) in [4.78, 5) is 31.5. The lowest BCUT2D eigenvalue weighted by Gasteiger charge is -2.46. The lowest BCUT2D eigenvalue weighted by Crippen LogP contribution is -2.67. The monoisotopic (exact) mass is 338 g/mol. The summed E-state index contributed by atoms with van der Waals surface area (Å²) in [6.07, 6.45) is -7.08. The molecule has 134 valence electrons. The molecular weight excluding hydrogens is 316 g/mol. The molecule has 2 unspecified atom stereocenters. The molecule has 1 fully saturated rings. The molecule has 1 heterocycles. The van der Waals surface area contributed by atoms with Crippen molar-refractivity contribution in [1.82, 2.24) is 0 Å². The van der Waals surface area contributed by atoms with E-state index in [-0.39, 0.29) is 12.8 Å². The van der Waals surface area contributed by atoms with Crippen molar-refractivity contribution in [3.63, 3.8) is 0 Å². The Balaban J connectivity index is 2.90. The Kier molecular flexibility index (Phi) is 6.86. The third-order valence-electron chi connectivity index (χ3n) is 3.68. The Bertz CT molecular complexity index is 427. The van der Waals surface area contributed by atoms with Crippen LogP contribution < -0.4 is 0 Å². The SMILES string of the molecule is CCC(=O)OOC(=O)C(CC)C1O[C@@](O)(CO)[C@@H](O)[C@H](O)[C@@H]1O. The van der Waals surface area contributed by atoms with Crippen LogP contribution in [0.5, 0.6) is 0 Å². The van der Waals surface area contributed by atoms with Crippen LogP contribution in [-0.4, -0.2) is 74.3 Å². The summed E-state index contributed by atoms with van der Waals surface area (Å²) in [5.41, 5.74) is 0. The number of carbonyl (C=O) groups is 2. The second-order valence-electron chi connectivity index (χ2n) is 5.24. The van der Waals surface area contributed by atoms with Crippen LogP contribution in [0.15, 0.2) is 0 Å². The van der Waals surface area contributed by atoms with E-state index in [1.807, 2.05) is 0 Å². The minimum Gasteiger partial charge on any atom is -0.391 e. The number of ether oxygens (including phenoxy) is 1. The van der Waals surface area contributed by atoms with Crippen molar-refractivity contribution in [1.29, 1.82) is 0 Å². The molecule has 0 bridgehead atoms. The smallest absolute Gasteiger partial charge is 0.361 e. The Morgan fingerprint density at radius 3 is 2.26 bits per heavy atom. The van der Waals surface area contributed by atoms with E-state index < -0.39 is 54.7 Å². The van der Waals surface area contributed by atoms with Crippen LogP contribution in [-0.2, 0) is 24.1 Å². The van der Waals surface area contributed by atoms with Crippen molar-refractivity contribution in [2.24, 2.45) is 5.92 Å². The number of carbonyl (C=O) groups excluding carboxylic acids is 2. The topological polar surface area (TPSA) is 163 Å². The van der Waals surface area contributed by atoms with E-state index >= 15 is 0 Å². The lowest BCUT2D eigenvalue weighted by atomic mass is 9.85. The van der Waals surface area contributed by atoms with Crippen LogP contribution in [0.1, 0.15) is 26.7 Å². The Labute approximate surface area is 132 Å². The molecule has 10 heteroatoms. The zero-order valence-electron chi connectivity index (χ0n) is 12.8. The second kappa shape index (κ2) is 7.99. The zero-order valence-corrected chi connectivity index (χ0v) is 12.8. The van der Waals surface area contributed by atoms with Gasteiger partial charge in [0.15, 0.2) is 0 Å². The molecule has 23 heavy (non-hydrogen) atoms. The average Bonchev–Trinajstić information content (AvgIpc) is 2.55. The summed E-state index contributed by atoms with van der Waals surface area (Å²) in [6, 6.07) is 0. The highest BCUT2D eigenvalue weighted by Gasteiger charge is 2.55. The van der Waals surface area contributed by atoms with Gasteiger partial charge in [-0.3, -0.25) is 0 Å². The standard InChI is InChI=1S/C13H22O10/c1-3-6(12(19)23-22-7(15)4-2)10-8(16)9(17)11(18)13(20,5-14)21-10/h6,8-11,14,16-18,20H,3-5H2,1-2H3/t6?,8-,9+,10?,11-,13-/m0/s1. The van der Waals surface area contributed by atoms with E-state index in [2.05, 4.69) is 9.78 Å². The van der Waals surface area contributed by atoms with Gasteiger partial charge in [0.05, 0.1) is 12.5 Å².